The lowest BCUT2D eigenvalue weighted by molar-refractivity contribution is -0.115. The molecule has 1 saturated carbocycles. The number of rotatable bonds is 6. The molecule has 1 saturated heterocycles. The molecule has 0 bridgehead atoms. The molecule has 138 valence electrons. The highest BCUT2D eigenvalue weighted by molar-refractivity contribution is 8.00. The van der Waals surface area contributed by atoms with E-state index in [4.69, 9.17) is 0 Å². The van der Waals surface area contributed by atoms with Crippen LogP contribution in [0.15, 0.2) is 35.5 Å². The van der Waals surface area contributed by atoms with E-state index in [0.29, 0.717) is 6.04 Å². The molecule has 1 N–H and O–H groups in total. The Hall–Kier alpha value is -2.02. The van der Waals surface area contributed by atoms with Gasteiger partial charge < -0.3 is 10.2 Å². The highest BCUT2D eigenvalue weighted by atomic mass is 32.2. The van der Waals surface area contributed by atoms with E-state index in [1.807, 2.05) is 37.3 Å². The molecule has 0 spiro atoms. The Morgan fingerprint density at radius 2 is 1.88 bits per heavy atom. The molecule has 2 fully saturated rings. The van der Waals surface area contributed by atoms with Gasteiger partial charge in [-0.1, -0.05) is 30.0 Å². The number of carbonyl (C=O) groups excluding carboxylic acids is 1. The van der Waals surface area contributed by atoms with Crippen LogP contribution in [0, 0.1) is 0 Å². The third-order valence-corrected chi connectivity index (χ3v) is 5.95. The molecule has 2 heterocycles. The van der Waals surface area contributed by atoms with Gasteiger partial charge in [0.2, 0.25) is 11.9 Å². The number of benzene rings is 1. The maximum absolute atomic E-state index is 12.5. The number of thioether (sulfide) groups is 1. The van der Waals surface area contributed by atoms with Gasteiger partial charge in [0.05, 0.1) is 5.25 Å². The van der Waals surface area contributed by atoms with E-state index >= 15 is 0 Å². The number of para-hydroxylation sites is 1. The number of nitrogens with zero attached hydrogens (tertiary/aromatic N) is 4. The Balaban J connectivity index is 1.47. The standard InChI is InChI=1S/C19H25N5OS/c1-14(17(25)20-15-8-4-2-5-9-15)26-19-22-21-18(24(19)16-10-11-16)23-12-6-3-7-13-23/h2,4-5,8-9,14,16H,3,6-7,10-13H2,1H3,(H,20,25)/t14-/m1/s1. The zero-order chi connectivity index (χ0) is 17.9. The highest BCUT2D eigenvalue weighted by Gasteiger charge is 2.33. The van der Waals surface area contributed by atoms with Gasteiger partial charge in [-0.3, -0.25) is 9.36 Å². The first-order chi connectivity index (χ1) is 12.7. The number of amides is 1. The first-order valence-electron chi connectivity index (χ1n) is 9.45. The summed E-state index contributed by atoms with van der Waals surface area (Å²) in [5.74, 6) is 0.983. The van der Waals surface area contributed by atoms with Crippen LogP contribution in [-0.4, -0.2) is 39.0 Å². The van der Waals surface area contributed by atoms with Gasteiger partial charge in [-0.15, -0.1) is 10.2 Å². The number of hydrogen-bond donors (Lipinski definition) is 1. The molecule has 4 rings (SSSR count). The van der Waals surface area contributed by atoms with E-state index in [9.17, 15) is 4.79 Å². The topological polar surface area (TPSA) is 63.1 Å². The summed E-state index contributed by atoms with van der Waals surface area (Å²) in [7, 11) is 0. The minimum absolute atomic E-state index is 0.00827. The number of aromatic nitrogens is 3. The zero-order valence-electron chi connectivity index (χ0n) is 15.1. The zero-order valence-corrected chi connectivity index (χ0v) is 15.9. The van der Waals surface area contributed by atoms with Crippen molar-refractivity contribution < 1.29 is 4.79 Å². The fraction of sp³-hybridized carbons (Fsp3) is 0.526. The van der Waals surface area contributed by atoms with Crippen LogP contribution in [0.1, 0.15) is 45.1 Å². The molecule has 6 nitrogen and oxygen atoms in total. The van der Waals surface area contributed by atoms with Gasteiger partial charge in [0, 0.05) is 24.8 Å². The van der Waals surface area contributed by atoms with Crippen LogP contribution in [0.25, 0.3) is 0 Å². The largest absolute Gasteiger partial charge is 0.341 e. The second-order valence-corrected chi connectivity index (χ2v) is 8.35. The lowest BCUT2D eigenvalue weighted by atomic mass is 10.1. The Labute approximate surface area is 158 Å². The maximum atomic E-state index is 12.5. The number of anilines is 2. The number of piperidine rings is 1. The Bertz CT molecular complexity index is 753. The van der Waals surface area contributed by atoms with Crippen molar-refractivity contribution in [1.29, 1.82) is 0 Å². The van der Waals surface area contributed by atoms with Gasteiger partial charge in [-0.2, -0.15) is 0 Å². The van der Waals surface area contributed by atoms with Crippen molar-refractivity contribution in [2.45, 2.75) is 55.5 Å². The Kier molecular flexibility index (Phi) is 5.15. The normalized spacial score (nSPS) is 18.6. The summed E-state index contributed by atoms with van der Waals surface area (Å²) < 4.78 is 2.27. The van der Waals surface area contributed by atoms with Crippen LogP contribution in [0.4, 0.5) is 11.6 Å². The lowest BCUT2D eigenvalue weighted by Crippen LogP contribution is -2.32. The maximum Gasteiger partial charge on any atom is 0.237 e. The van der Waals surface area contributed by atoms with E-state index in [2.05, 4.69) is 25.0 Å². The Morgan fingerprint density at radius 3 is 2.58 bits per heavy atom. The second kappa shape index (κ2) is 7.70. The summed E-state index contributed by atoms with van der Waals surface area (Å²) in [6.45, 7) is 4.04. The third kappa shape index (κ3) is 3.87. The molecule has 0 radical (unpaired) electrons. The van der Waals surface area contributed by atoms with Crippen molar-refractivity contribution in [3.05, 3.63) is 30.3 Å². The average molecular weight is 372 g/mol. The molecule has 1 aromatic carbocycles. The van der Waals surface area contributed by atoms with Gasteiger partial charge in [-0.25, -0.2) is 0 Å². The molecule has 1 aliphatic heterocycles. The van der Waals surface area contributed by atoms with Crippen molar-refractivity contribution in [3.8, 4) is 0 Å². The first-order valence-corrected chi connectivity index (χ1v) is 10.3. The number of hydrogen-bond acceptors (Lipinski definition) is 5. The fourth-order valence-corrected chi connectivity index (χ4v) is 4.20. The van der Waals surface area contributed by atoms with Crippen LogP contribution < -0.4 is 10.2 Å². The van der Waals surface area contributed by atoms with E-state index in [-0.39, 0.29) is 11.2 Å². The van der Waals surface area contributed by atoms with Crippen molar-refractivity contribution in [3.63, 3.8) is 0 Å². The second-order valence-electron chi connectivity index (χ2n) is 7.05. The van der Waals surface area contributed by atoms with Gasteiger partial charge in [0.1, 0.15) is 0 Å². The summed E-state index contributed by atoms with van der Waals surface area (Å²) in [6.07, 6.45) is 6.09. The fourth-order valence-electron chi connectivity index (χ4n) is 3.29. The molecule has 1 atom stereocenters. The molecule has 26 heavy (non-hydrogen) atoms. The lowest BCUT2D eigenvalue weighted by Gasteiger charge is -2.28. The van der Waals surface area contributed by atoms with Crippen LogP contribution in [0.5, 0.6) is 0 Å². The summed E-state index contributed by atoms with van der Waals surface area (Å²) in [6, 6.07) is 10.1. The molecule has 2 aromatic rings. The average Bonchev–Trinajstić information content (AvgIpc) is 3.43. The monoisotopic (exact) mass is 371 g/mol. The van der Waals surface area contributed by atoms with Crippen molar-refractivity contribution in [1.82, 2.24) is 14.8 Å². The van der Waals surface area contributed by atoms with E-state index < -0.39 is 0 Å². The summed E-state index contributed by atoms with van der Waals surface area (Å²) in [5.41, 5.74) is 0.822. The van der Waals surface area contributed by atoms with Crippen LogP contribution in [-0.2, 0) is 4.79 Å². The molecular weight excluding hydrogens is 346 g/mol. The Morgan fingerprint density at radius 1 is 1.15 bits per heavy atom. The molecular formula is C19H25N5OS. The highest BCUT2D eigenvalue weighted by Crippen LogP contribution is 2.42. The predicted molar refractivity (Wildman–Crippen MR) is 105 cm³/mol. The molecule has 1 aromatic heterocycles. The van der Waals surface area contributed by atoms with Gasteiger partial charge in [0.15, 0.2) is 5.16 Å². The van der Waals surface area contributed by atoms with Crippen molar-refractivity contribution in [2.75, 3.05) is 23.3 Å². The van der Waals surface area contributed by atoms with Gasteiger partial charge in [0.25, 0.3) is 0 Å². The molecule has 7 heteroatoms. The predicted octanol–water partition coefficient (Wildman–Crippen LogP) is 3.72. The van der Waals surface area contributed by atoms with Crippen molar-refractivity contribution in [2.24, 2.45) is 0 Å². The smallest absolute Gasteiger partial charge is 0.237 e. The number of nitrogens with one attached hydrogen (secondary N) is 1. The molecule has 1 aliphatic carbocycles. The first kappa shape index (κ1) is 17.4. The summed E-state index contributed by atoms with van der Waals surface area (Å²) >= 11 is 1.50. The quantitative estimate of drug-likeness (QED) is 0.784. The summed E-state index contributed by atoms with van der Waals surface area (Å²) in [5, 5.41) is 12.5. The molecule has 0 unspecified atom stereocenters. The minimum atomic E-state index is -0.230. The third-order valence-electron chi connectivity index (χ3n) is 4.89. The van der Waals surface area contributed by atoms with Crippen LogP contribution >= 0.6 is 11.8 Å². The molecule has 2 aliphatic rings. The minimum Gasteiger partial charge on any atom is -0.341 e. The summed E-state index contributed by atoms with van der Waals surface area (Å²) in [4.78, 5) is 14.9. The molecule has 1 amide bonds. The van der Waals surface area contributed by atoms with Gasteiger partial charge >= 0.3 is 0 Å². The van der Waals surface area contributed by atoms with E-state index in [0.717, 1.165) is 29.9 Å². The van der Waals surface area contributed by atoms with E-state index in [1.54, 1.807) is 0 Å². The van der Waals surface area contributed by atoms with Crippen LogP contribution in [0.3, 0.4) is 0 Å². The number of carbonyl (C=O) groups is 1. The van der Waals surface area contributed by atoms with Crippen LogP contribution in [0.2, 0.25) is 0 Å². The SMILES string of the molecule is C[C@@H](Sc1nnc(N2CCCCC2)n1C1CC1)C(=O)Nc1ccccc1. The van der Waals surface area contributed by atoms with Crippen molar-refractivity contribution >= 4 is 29.3 Å². The van der Waals surface area contributed by atoms with E-state index in [1.165, 1.54) is 43.9 Å². The van der Waals surface area contributed by atoms with Gasteiger partial charge in [-0.05, 0) is 51.2 Å².